The number of hydrogen-bond donors (Lipinski definition) is 1. The number of nitrogens with zero attached hydrogens (tertiary/aromatic N) is 4. The van der Waals surface area contributed by atoms with E-state index >= 15 is 0 Å². The molecule has 2 aromatic rings. The van der Waals surface area contributed by atoms with Crippen LogP contribution in [0.15, 0.2) is 30.3 Å². The van der Waals surface area contributed by atoms with Crippen molar-refractivity contribution in [3.05, 3.63) is 30.3 Å². The van der Waals surface area contributed by atoms with E-state index in [9.17, 15) is 18.0 Å². The molecule has 0 aliphatic carbocycles. The molecule has 0 saturated carbocycles. The maximum atomic E-state index is 11.9. The molecule has 0 saturated heterocycles. The molecule has 1 aromatic carbocycles. The van der Waals surface area contributed by atoms with Crippen LogP contribution in [-0.4, -0.2) is 38.8 Å². The molecule has 0 aliphatic heterocycles. The van der Waals surface area contributed by atoms with Crippen molar-refractivity contribution in [2.24, 2.45) is 0 Å². The molecule has 1 aromatic heterocycles. The molecule has 1 amide bonds. The maximum absolute atomic E-state index is 11.9. The summed E-state index contributed by atoms with van der Waals surface area (Å²) in [6.07, 6.45) is -4.44. The third kappa shape index (κ3) is 4.04. The van der Waals surface area contributed by atoms with E-state index in [-0.39, 0.29) is 0 Å². The molecular formula is C11H10F3N5O. The number of halogens is 3. The molecular weight excluding hydrogens is 275 g/mol. The van der Waals surface area contributed by atoms with Crippen LogP contribution in [0.3, 0.4) is 0 Å². The third-order valence-electron chi connectivity index (χ3n) is 2.26. The summed E-state index contributed by atoms with van der Waals surface area (Å²) >= 11 is 0. The molecule has 0 atom stereocenters. The molecule has 0 unspecified atom stereocenters. The number of hydrogen-bond acceptors (Lipinski definition) is 4. The first-order valence-corrected chi connectivity index (χ1v) is 5.61. The largest absolute Gasteiger partial charge is 0.405 e. The van der Waals surface area contributed by atoms with Gasteiger partial charge in [-0.2, -0.15) is 18.0 Å². The summed E-state index contributed by atoms with van der Waals surface area (Å²) in [5.74, 6) is -0.534. The van der Waals surface area contributed by atoms with E-state index in [1.165, 1.54) is 0 Å². The SMILES string of the molecule is O=C(Cn1nnc(-c2ccccc2)n1)NCC(F)(F)F. The van der Waals surface area contributed by atoms with Crippen LogP contribution >= 0.6 is 0 Å². The molecule has 0 radical (unpaired) electrons. The number of rotatable bonds is 4. The zero-order chi connectivity index (χ0) is 14.6. The fourth-order valence-corrected chi connectivity index (χ4v) is 1.40. The van der Waals surface area contributed by atoms with Gasteiger partial charge in [-0.1, -0.05) is 30.3 Å². The molecule has 0 fully saturated rings. The average Bonchev–Trinajstić information content (AvgIpc) is 2.85. The Morgan fingerprint density at radius 2 is 1.95 bits per heavy atom. The van der Waals surface area contributed by atoms with Crippen molar-refractivity contribution >= 4 is 5.91 Å². The lowest BCUT2D eigenvalue weighted by atomic mass is 10.2. The van der Waals surface area contributed by atoms with Crippen LogP contribution in [0.4, 0.5) is 13.2 Å². The summed E-state index contributed by atoms with van der Waals surface area (Å²) in [7, 11) is 0. The normalized spacial score (nSPS) is 11.3. The van der Waals surface area contributed by atoms with E-state index < -0.39 is 25.2 Å². The average molecular weight is 285 g/mol. The van der Waals surface area contributed by atoms with Crippen molar-refractivity contribution in [2.75, 3.05) is 6.54 Å². The highest BCUT2D eigenvalue weighted by atomic mass is 19.4. The Labute approximate surface area is 111 Å². The first kappa shape index (κ1) is 14.0. The molecule has 9 heteroatoms. The molecule has 0 bridgehead atoms. The number of alkyl halides is 3. The number of aromatic nitrogens is 4. The van der Waals surface area contributed by atoms with E-state index in [0.717, 1.165) is 4.80 Å². The highest BCUT2D eigenvalue weighted by Gasteiger charge is 2.27. The highest BCUT2D eigenvalue weighted by molar-refractivity contribution is 5.75. The monoisotopic (exact) mass is 285 g/mol. The lowest BCUT2D eigenvalue weighted by molar-refractivity contribution is -0.139. The number of carbonyl (C=O) groups excluding carboxylic acids is 1. The van der Waals surface area contributed by atoms with Gasteiger partial charge < -0.3 is 5.32 Å². The number of amides is 1. The molecule has 20 heavy (non-hydrogen) atoms. The van der Waals surface area contributed by atoms with E-state index in [1.54, 1.807) is 29.6 Å². The molecule has 0 aliphatic rings. The summed E-state index contributed by atoms with van der Waals surface area (Å²) in [4.78, 5) is 12.2. The zero-order valence-electron chi connectivity index (χ0n) is 10.1. The van der Waals surface area contributed by atoms with Crippen LogP contribution in [0.25, 0.3) is 11.4 Å². The Morgan fingerprint density at radius 1 is 1.25 bits per heavy atom. The van der Waals surface area contributed by atoms with Gasteiger partial charge in [-0.3, -0.25) is 4.79 Å². The predicted molar refractivity (Wildman–Crippen MR) is 62.3 cm³/mol. The second kappa shape index (κ2) is 5.68. The van der Waals surface area contributed by atoms with E-state index in [4.69, 9.17) is 0 Å². The fourth-order valence-electron chi connectivity index (χ4n) is 1.40. The standard InChI is InChI=1S/C11H10F3N5O/c12-11(13,14)7-15-9(20)6-19-17-10(16-18-19)8-4-2-1-3-5-8/h1-5H,6-7H2,(H,15,20). The minimum absolute atomic E-state index is 0.300. The van der Waals surface area contributed by atoms with Gasteiger partial charge in [0.05, 0.1) is 0 Å². The Balaban J connectivity index is 1.95. The molecule has 106 valence electrons. The Kier molecular flexibility index (Phi) is 3.97. The quantitative estimate of drug-likeness (QED) is 0.910. The van der Waals surface area contributed by atoms with Gasteiger partial charge in [-0.05, 0) is 5.21 Å². The lowest BCUT2D eigenvalue weighted by Gasteiger charge is -2.07. The van der Waals surface area contributed by atoms with Gasteiger partial charge in [-0.15, -0.1) is 10.2 Å². The van der Waals surface area contributed by atoms with Crippen molar-refractivity contribution in [3.8, 4) is 11.4 Å². The van der Waals surface area contributed by atoms with Gasteiger partial charge in [0.15, 0.2) is 0 Å². The smallest absolute Gasteiger partial charge is 0.345 e. The van der Waals surface area contributed by atoms with Gasteiger partial charge in [0, 0.05) is 5.56 Å². The first-order chi connectivity index (χ1) is 9.44. The van der Waals surface area contributed by atoms with Crippen LogP contribution in [-0.2, 0) is 11.3 Å². The highest BCUT2D eigenvalue weighted by Crippen LogP contribution is 2.12. The second-order valence-electron chi connectivity index (χ2n) is 3.90. The van der Waals surface area contributed by atoms with E-state index in [1.807, 2.05) is 6.07 Å². The first-order valence-electron chi connectivity index (χ1n) is 5.61. The third-order valence-corrected chi connectivity index (χ3v) is 2.26. The van der Waals surface area contributed by atoms with Crippen LogP contribution < -0.4 is 5.32 Å². The fraction of sp³-hybridized carbons (Fsp3) is 0.273. The molecule has 6 nitrogen and oxygen atoms in total. The lowest BCUT2D eigenvalue weighted by Crippen LogP contribution is -2.36. The van der Waals surface area contributed by atoms with E-state index in [0.29, 0.717) is 11.4 Å². The Morgan fingerprint density at radius 3 is 2.60 bits per heavy atom. The van der Waals surface area contributed by atoms with Crippen molar-refractivity contribution in [1.82, 2.24) is 25.5 Å². The summed E-state index contributed by atoms with van der Waals surface area (Å²) in [6, 6.07) is 8.90. The van der Waals surface area contributed by atoms with Gasteiger partial charge >= 0.3 is 6.18 Å². The predicted octanol–water partition coefficient (Wildman–Crippen LogP) is 1.02. The number of benzene rings is 1. The van der Waals surface area contributed by atoms with Gasteiger partial charge in [0.25, 0.3) is 0 Å². The van der Waals surface area contributed by atoms with Gasteiger partial charge in [0.2, 0.25) is 11.7 Å². The number of nitrogens with one attached hydrogen (secondary N) is 1. The summed E-state index contributed by atoms with van der Waals surface area (Å²) in [5.41, 5.74) is 0.703. The van der Waals surface area contributed by atoms with Crippen molar-refractivity contribution < 1.29 is 18.0 Å². The van der Waals surface area contributed by atoms with Crippen LogP contribution in [0.1, 0.15) is 0 Å². The van der Waals surface area contributed by atoms with Gasteiger partial charge in [-0.25, -0.2) is 0 Å². The van der Waals surface area contributed by atoms with Crippen molar-refractivity contribution in [3.63, 3.8) is 0 Å². The number of tetrazole rings is 1. The molecule has 1 heterocycles. The number of carbonyl (C=O) groups is 1. The Hall–Kier alpha value is -2.45. The molecule has 0 spiro atoms. The van der Waals surface area contributed by atoms with E-state index in [2.05, 4.69) is 15.4 Å². The minimum atomic E-state index is -4.44. The zero-order valence-corrected chi connectivity index (χ0v) is 10.1. The summed E-state index contributed by atoms with van der Waals surface area (Å²) in [6.45, 7) is -1.80. The van der Waals surface area contributed by atoms with Crippen molar-refractivity contribution in [2.45, 2.75) is 12.7 Å². The molecule has 1 N–H and O–H groups in total. The summed E-state index contributed by atoms with van der Waals surface area (Å²) in [5, 5.41) is 13.0. The maximum Gasteiger partial charge on any atom is 0.405 e. The van der Waals surface area contributed by atoms with Crippen LogP contribution in [0.5, 0.6) is 0 Å². The molecule has 2 rings (SSSR count). The van der Waals surface area contributed by atoms with Crippen LogP contribution in [0.2, 0.25) is 0 Å². The van der Waals surface area contributed by atoms with Gasteiger partial charge in [0.1, 0.15) is 13.1 Å². The summed E-state index contributed by atoms with van der Waals surface area (Å²) < 4.78 is 35.7. The van der Waals surface area contributed by atoms with Crippen molar-refractivity contribution in [1.29, 1.82) is 0 Å². The Bertz CT molecular complexity index is 581. The van der Waals surface area contributed by atoms with Crippen LogP contribution in [0, 0.1) is 0 Å². The second-order valence-corrected chi connectivity index (χ2v) is 3.90. The minimum Gasteiger partial charge on any atom is -0.345 e. The topological polar surface area (TPSA) is 72.7 Å².